The first-order valence-corrected chi connectivity index (χ1v) is 7.51. The lowest BCUT2D eigenvalue weighted by molar-refractivity contribution is 0.521. The van der Waals surface area contributed by atoms with Crippen molar-refractivity contribution < 1.29 is 8.83 Å². The number of aryl methyl sites for hydroxylation is 1. The Hall–Kier alpha value is -3.35. The van der Waals surface area contributed by atoms with Crippen LogP contribution in [0.1, 0.15) is 11.3 Å². The van der Waals surface area contributed by atoms with Crippen LogP contribution in [0.5, 0.6) is 0 Å². The molecule has 4 rings (SSSR count). The summed E-state index contributed by atoms with van der Waals surface area (Å²) in [5.41, 5.74) is 2.85. The van der Waals surface area contributed by atoms with Gasteiger partial charge in [-0.3, -0.25) is 5.10 Å². The highest BCUT2D eigenvalue weighted by Crippen LogP contribution is 2.24. The summed E-state index contributed by atoms with van der Waals surface area (Å²) in [5.74, 6) is 1.99. The number of anilines is 1. The van der Waals surface area contributed by atoms with Crippen LogP contribution in [0.25, 0.3) is 22.9 Å². The Kier molecular flexibility index (Phi) is 3.59. The third-order valence-corrected chi connectivity index (χ3v) is 3.64. The van der Waals surface area contributed by atoms with Gasteiger partial charge < -0.3 is 14.2 Å². The van der Waals surface area contributed by atoms with E-state index in [-0.39, 0.29) is 0 Å². The van der Waals surface area contributed by atoms with Crippen molar-refractivity contribution >= 4 is 6.01 Å². The molecule has 7 heteroatoms. The van der Waals surface area contributed by atoms with E-state index in [9.17, 15) is 0 Å². The van der Waals surface area contributed by atoms with Gasteiger partial charge in [0.15, 0.2) is 5.76 Å². The van der Waals surface area contributed by atoms with Crippen molar-refractivity contribution in [3.63, 3.8) is 0 Å². The normalized spacial score (nSPS) is 10.9. The second kappa shape index (κ2) is 6.04. The van der Waals surface area contributed by atoms with Gasteiger partial charge in [0.1, 0.15) is 11.5 Å². The van der Waals surface area contributed by atoms with Crippen LogP contribution in [-0.2, 0) is 6.54 Å². The zero-order valence-corrected chi connectivity index (χ0v) is 13.0. The minimum Gasteiger partial charge on any atom is -0.458 e. The predicted molar refractivity (Wildman–Crippen MR) is 88.1 cm³/mol. The number of rotatable bonds is 5. The quantitative estimate of drug-likeness (QED) is 0.583. The molecule has 2 N–H and O–H groups in total. The number of nitrogens with zero attached hydrogens (tertiary/aromatic N) is 3. The Bertz CT molecular complexity index is 939. The lowest BCUT2D eigenvalue weighted by atomic mass is 10.1. The van der Waals surface area contributed by atoms with Gasteiger partial charge in [0.25, 0.3) is 0 Å². The third kappa shape index (κ3) is 2.79. The van der Waals surface area contributed by atoms with Crippen LogP contribution in [-0.4, -0.2) is 20.4 Å². The van der Waals surface area contributed by atoms with Gasteiger partial charge in [-0.15, -0.1) is 5.10 Å². The van der Waals surface area contributed by atoms with Gasteiger partial charge in [0.05, 0.1) is 6.54 Å². The topological polar surface area (TPSA) is 92.8 Å². The summed E-state index contributed by atoms with van der Waals surface area (Å²) in [4.78, 5) is 0. The molecule has 3 heterocycles. The zero-order valence-electron chi connectivity index (χ0n) is 13.0. The van der Waals surface area contributed by atoms with E-state index < -0.39 is 0 Å². The fourth-order valence-electron chi connectivity index (χ4n) is 2.39. The highest BCUT2D eigenvalue weighted by atomic mass is 16.4. The molecule has 0 aliphatic carbocycles. The molecule has 0 unspecified atom stereocenters. The van der Waals surface area contributed by atoms with Crippen LogP contribution in [0.2, 0.25) is 0 Å². The summed E-state index contributed by atoms with van der Waals surface area (Å²) in [6.07, 6.45) is 1.68. The second-order valence-corrected chi connectivity index (χ2v) is 5.32. The van der Waals surface area contributed by atoms with Crippen LogP contribution in [0.4, 0.5) is 6.01 Å². The molecule has 0 saturated carbocycles. The average Bonchev–Trinajstić information content (AvgIpc) is 3.34. The van der Waals surface area contributed by atoms with Crippen LogP contribution >= 0.6 is 0 Å². The Labute approximate surface area is 137 Å². The minimum absolute atomic E-state index is 0.354. The summed E-state index contributed by atoms with van der Waals surface area (Å²) in [6, 6.07) is 13.9. The summed E-state index contributed by atoms with van der Waals surface area (Å²) in [7, 11) is 0. The van der Waals surface area contributed by atoms with E-state index in [1.165, 1.54) is 0 Å². The molecule has 0 radical (unpaired) electrons. The average molecular weight is 321 g/mol. The number of aromatic nitrogens is 4. The Morgan fingerprint density at radius 3 is 2.79 bits per heavy atom. The Balaban J connectivity index is 1.45. The van der Waals surface area contributed by atoms with E-state index in [0.717, 1.165) is 28.3 Å². The minimum atomic E-state index is 0.354. The van der Waals surface area contributed by atoms with Crippen LogP contribution in [0.3, 0.4) is 0 Å². The molecule has 24 heavy (non-hydrogen) atoms. The van der Waals surface area contributed by atoms with E-state index in [1.54, 1.807) is 6.20 Å². The molecule has 120 valence electrons. The standard InChI is InChI=1S/C17H15N5O2/c1-11-4-2-3-5-13(11)16-21-22-17(24-16)18-10-12-6-7-15(23-12)14-8-9-19-20-14/h2-9H,10H2,1H3,(H,18,22)(H,19,20). The van der Waals surface area contributed by atoms with Gasteiger partial charge >= 0.3 is 6.01 Å². The molecule has 0 saturated heterocycles. The third-order valence-electron chi connectivity index (χ3n) is 3.64. The molecule has 0 aliphatic heterocycles. The predicted octanol–water partition coefficient (Wildman–Crippen LogP) is 3.64. The van der Waals surface area contributed by atoms with Crippen molar-refractivity contribution in [1.29, 1.82) is 0 Å². The molecule has 0 bridgehead atoms. The molecule has 0 atom stereocenters. The molecule has 3 aromatic heterocycles. The van der Waals surface area contributed by atoms with Crippen molar-refractivity contribution in [1.82, 2.24) is 20.4 Å². The van der Waals surface area contributed by atoms with Crippen molar-refractivity contribution in [2.24, 2.45) is 0 Å². The first kappa shape index (κ1) is 14.3. The second-order valence-electron chi connectivity index (χ2n) is 5.32. The highest BCUT2D eigenvalue weighted by Gasteiger charge is 2.11. The molecule has 0 fully saturated rings. The van der Waals surface area contributed by atoms with Gasteiger partial charge in [-0.2, -0.15) is 5.10 Å². The lowest BCUT2D eigenvalue weighted by Crippen LogP contribution is -1.97. The van der Waals surface area contributed by atoms with E-state index in [4.69, 9.17) is 8.83 Å². The van der Waals surface area contributed by atoms with E-state index in [2.05, 4.69) is 25.7 Å². The summed E-state index contributed by atoms with van der Waals surface area (Å²) in [5, 5.41) is 17.9. The van der Waals surface area contributed by atoms with E-state index in [0.29, 0.717) is 18.5 Å². The number of hydrogen-bond acceptors (Lipinski definition) is 6. The monoisotopic (exact) mass is 321 g/mol. The van der Waals surface area contributed by atoms with E-state index >= 15 is 0 Å². The first-order chi connectivity index (χ1) is 11.8. The molecular formula is C17H15N5O2. The Morgan fingerprint density at radius 2 is 1.96 bits per heavy atom. The highest BCUT2D eigenvalue weighted by molar-refractivity contribution is 5.58. The smallest absolute Gasteiger partial charge is 0.316 e. The van der Waals surface area contributed by atoms with E-state index in [1.807, 2.05) is 49.4 Å². The van der Waals surface area contributed by atoms with Gasteiger partial charge in [0.2, 0.25) is 5.89 Å². The molecule has 4 aromatic rings. The SMILES string of the molecule is Cc1ccccc1-c1nnc(NCc2ccc(-c3ccn[nH]3)o2)o1. The molecule has 0 spiro atoms. The fraction of sp³-hybridized carbons (Fsp3) is 0.118. The van der Waals surface area contributed by atoms with Crippen LogP contribution in [0.15, 0.2) is 57.5 Å². The lowest BCUT2D eigenvalue weighted by Gasteiger charge is -1.99. The summed E-state index contributed by atoms with van der Waals surface area (Å²) < 4.78 is 11.4. The van der Waals surface area contributed by atoms with Gasteiger partial charge in [-0.05, 0) is 36.8 Å². The molecule has 0 amide bonds. The number of hydrogen-bond donors (Lipinski definition) is 2. The number of benzene rings is 1. The number of furan rings is 1. The first-order valence-electron chi connectivity index (χ1n) is 7.51. The van der Waals surface area contributed by atoms with Gasteiger partial charge in [-0.25, -0.2) is 0 Å². The molecular weight excluding hydrogens is 306 g/mol. The van der Waals surface area contributed by atoms with Crippen LogP contribution < -0.4 is 5.32 Å². The Morgan fingerprint density at radius 1 is 1.04 bits per heavy atom. The van der Waals surface area contributed by atoms with Crippen molar-refractivity contribution in [3.05, 3.63) is 60.0 Å². The molecule has 1 aromatic carbocycles. The maximum Gasteiger partial charge on any atom is 0.316 e. The maximum absolute atomic E-state index is 5.74. The summed E-state index contributed by atoms with van der Waals surface area (Å²) in [6.45, 7) is 2.45. The fourth-order valence-corrected chi connectivity index (χ4v) is 2.39. The van der Waals surface area contributed by atoms with Crippen molar-refractivity contribution in [2.45, 2.75) is 13.5 Å². The maximum atomic E-state index is 5.74. The zero-order chi connectivity index (χ0) is 16.4. The van der Waals surface area contributed by atoms with Gasteiger partial charge in [0, 0.05) is 11.8 Å². The number of nitrogens with one attached hydrogen (secondary N) is 2. The molecule has 7 nitrogen and oxygen atoms in total. The van der Waals surface area contributed by atoms with Crippen molar-refractivity contribution in [2.75, 3.05) is 5.32 Å². The van der Waals surface area contributed by atoms with Gasteiger partial charge in [-0.1, -0.05) is 23.3 Å². The summed E-state index contributed by atoms with van der Waals surface area (Å²) >= 11 is 0. The van der Waals surface area contributed by atoms with Crippen molar-refractivity contribution in [3.8, 4) is 22.9 Å². The number of H-pyrrole nitrogens is 1. The van der Waals surface area contributed by atoms with Crippen LogP contribution in [0, 0.1) is 6.92 Å². The number of aromatic amines is 1. The molecule has 0 aliphatic rings. The largest absolute Gasteiger partial charge is 0.458 e.